The first-order valence-electron chi connectivity index (χ1n) is 8.85. The molecule has 0 saturated heterocycles. The molecule has 2 aromatic carbocycles. The first-order valence-corrected chi connectivity index (χ1v) is 8.85. The molecule has 0 spiro atoms. The van der Waals surface area contributed by atoms with Crippen LogP contribution < -0.4 is 20.1 Å². The number of rotatable bonds is 8. The summed E-state index contributed by atoms with van der Waals surface area (Å²) in [6, 6.07) is 9.93. The largest absolute Gasteiger partial charge is 0.508 e. The number of guanidine groups is 1. The number of hydrogen-bond donors (Lipinski definition) is 3. The molecule has 0 unspecified atom stereocenters. The number of aryl methyl sites for hydroxylation is 1. The normalized spacial score (nSPS) is 11.4. The zero-order valence-corrected chi connectivity index (χ0v) is 16.1. The molecule has 0 atom stereocenters. The molecule has 0 aliphatic carbocycles. The van der Waals surface area contributed by atoms with E-state index in [1.165, 1.54) is 6.07 Å². The predicted octanol–water partition coefficient (Wildman–Crippen LogP) is 3.57. The second-order valence-corrected chi connectivity index (χ2v) is 6.03. The van der Waals surface area contributed by atoms with Gasteiger partial charge in [-0.2, -0.15) is 8.78 Å². The van der Waals surface area contributed by atoms with Gasteiger partial charge in [-0.15, -0.1) is 0 Å². The van der Waals surface area contributed by atoms with Gasteiger partial charge in [-0.1, -0.05) is 17.7 Å². The van der Waals surface area contributed by atoms with Crippen LogP contribution in [-0.4, -0.2) is 31.3 Å². The van der Waals surface area contributed by atoms with Crippen molar-refractivity contribution in [3.8, 4) is 17.2 Å². The Morgan fingerprint density at radius 1 is 1.14 bits per heavy atom. The third kappa shape index (κ3) is 6.29. The van der Waals surface area contributed by atoms with Gasteiger partial charge in [-0.05, 0) is 38.1 Å². The number of halogens is 2. The zero-order chi connectivity index (χ0) is 20.5. The zero-order valence-electron chi connectivity index (χ0n) is 16.1. The Bertz CT molecular complexity index is 813. The van der Waals surface area contributed by atoms with Gasteiger partial charge in [0.05, 0.1) is 13.7 Å². The summed E-state index contributed by atoms with van der Waals surface area (Å²) in [4.78, 5) is 4.44. The quantitative estimate of drug-likeness (QED) is 0.472. The van der Waals surface area contributed by atoms with Crippen molar-refractivity contribution >= 4 is 5.96 Å². The van der Waals surface area contributed by atoms with Crippen LogP contribution in [0.5, 0.6) is 17.2 Å². The number of nitrogens with one attached hydrogen (secondary N) is 2. The fraction of sp³-hybridized carbons (Fsp3) is 0.350. The maximum absolute atomic E-state index is 12.6. The Balaban J connectivity index is 2.14. The fourth-order valence-electron chi connectivity index (χ4n) is 2.56. The second kappa shape index (κ2) is 10.3. The van der Waals surface area contributed by atoms with Crippen molar-refractivity contribution in [1.29, 1.82) is 0 Å². The minimum absolute atomic E-state index is 0.102. The van der Waals surface area contributed by atoms with E-state index in [1.807, 2.05) is 13.8 Å². The van der Waals surface area contributed by atoms with Gasteiger partial charge < -0.3 is 25.2 Å². The third-order valence-corrected chi connectivity index (χ3v) is 3.92. The monoisotopic (exact) mass is 393 g/mol. The summed E-state index contributed by atoms with van der Waals surface area (Å²) in [5, 5.41) is 16.2. The molecule has 0 aliphatic heterocycles. The van der Waals surface area contributed by atoms with Gasteiger partial charge in [0.25, 0.3) is 0 Å². The number of aromatic hydroxyl groups is 1. The Kier molecular flexibility index (Phi) is 7.86. The van der Waals surface area contributed by atoms with Crippen LogP contribution in [0.2, 0.25) is 0 Å². The van der Waals surface area contributed by atoms with Crippen molar-refractivity contribution in [2.45, 2.75) is 33.5 Å². The molecule has 8 heteroatoms. The molecule has 0 radical (unpaired) electrons. The van der Waals surface area contributed by atoms with E-state index in [4.69, 9.17) is 4.74 Å². The van der Waals surface area contributed by atoms with E-state index < -0.39 is 6.61 Å². The maximum atomic E-state index is 12.6. The minimum atomic E-state index is -2.90. The molecule has 0 fully saturated rings. The SMILES string of the molecule is CCNC(=NCc1cc(C)ccc1OC(F)F)NCc1cc(OC)ccc1O. The van der Waals surface area contributed by atoms with E-state index >= 15 is 0 Å². The Hall–Kier alpha value is -3.03. The lowest BCUT2D eigenvalue weighted by Gasteiger charge is -2.14. The van der Waals surface area contributed by atoms with Crippen LogP contribution in [0.4, 0.5) is 8.78 Å². The Morgan fingerprint density at radius 3 is 2.61 bits per heavy atom. The Morgan fingerprint density at radius 2 is 1.93 bits per heavy atom. The summed E-state index contributed by atoms with van der Waals surface area (Å²) < 4.78 is 35.0. The highest BCUT2D eigenvalue weighted by atomic mass is 19.3. The number of aliphatic imine (C=N–C) groups is 1. The van der Waals surface area contributed by atoms with Gasteiger partial charge in [-0.25, -0.2) is 4.99 Å². The highest BCUT2D eigenvalue weighted by molar-refractivity contribution is 5.79. The first-order chi connectivity index (χ1) is 13.4. The molecule has 28 heavy (non-hydrogen) atoms. The standard InChI is InChI=1S/C20H25F2N3O3/c1-4-23-20(24-11-14-10-16(27-3)6-7-17(14)26)25-12-15-9-13(2)5-8-18(15)28-19(21)22/h5-10,19,26H,4,11-12H2,1-3H3,(H2,23,24,25). The summed E-state index contributed by atoms with van der Waals surface area (Å²) in [6.45, 7) is 1.97. The topological polar surface area (TPSA) is 75.1 Å². The summed E-state index contributed by atoms with van der Waals surface area (Å²) >= 11 is 0. The first kappa shape index (κ1) is 21.3. The van der Waals surface area contributed by atoms with E-state index in [1.54, 1.807) is 37.4 Å². The molecule has 0 heterocycles. The van der Waals surface area contributed by atoms with Crippen LogP contribution in [0, 0.1) is 6.92 Å². The van der Waals surface area contributed by atoms with Gasteiger partial charge in [0.1, 0.15) is 17.2 Å². The number of ether oxygens (including phenoxy) is 2. The van der Waals surface area contributed by atoms with Crippen LogP contribution in [0.25, 0.3) is 0 Å². The number of phenolic OH excluding ortho intramolecular Hbond substituents is 1. The van der Waals surface area contributed by atoms with Gasteiger partial charge in [0.2, 0.25) is 0 Å². The molecule has 2 rings (SSSR count). The molecule has 0 bridgehead atoms. The third-order valence-electron chi connectivity index (χ3n) is 3.92. The van der Waals surface area contributed by atoms with Crippen molar-refractivity contribution in [2.75, 3.05) is 13.7 Å². The lowest BCUT2D eigenvalue weighted by atomic mass is 10.1. The molecule has 3 N–H and O–H groups in total. The van der Waals surface area contributed by atoms with Gasteiger partial charge >= 0.3 is 6.61 Å². The van der Waals surface area contributed by atoms with E-state index in [0.29, 0.717) is 35.9 Å². The fourth-order valence-corrected chi connectivity index (χ4v) is 2.56. The summed E-state index contributed by atoms with van der Waals surface area (Å²) in [6.07, 6.45) is 0. The van der Waals surface area contributed by atoms with Crippen LogP contribution in [-0.2, 0) is 13.1 Å². The summed E-state index contributed by atoms with van der Waals surface area (Å²) in [5.41, 5.74) is 2.12. The minimum Gasteiger partial charge on any atom is -0.508 e. The van der Waals surface area contributed by atoms with Gasteiger partial charge in [0.15, 0.2) is 5.96 Å². The van der Waals surface area contributed by atoms with Crippen LogP contribution in [0.1, 0.15) is 23.6 Å². The predicted molar refractivity (Wildman–Crippen MR) is 104 cm³/mol. The van der Waals surface area contributed by atoms with Gasteiger partial charge in [0, 0.05) is 24.2 Å². The van der Waals surface area contributed by atoms with Crippen molar-refractivity contribution in [3.63, 3.8) is 0 Å². The molecule has 0 amide bonds. The molecular weight excluding hydrogens is 368 g/mol. The molecule has 152 valence electrons. The molecule has 6 nitrogen and oxygen atoms in total. The number of phenols is 1. The van der Waals surface area contributed by atoms with Crippen LogP contribution in [0.3, 0.4) is 0 Å². The molecule has 0 saturated carbocycles. The highest BCUT2D eigenvalue weighted by Gasteiger charge is 2.10. The smallest absolute Gasteiger partial charge is 0.387 e. The molecule has 0 aromatic heterocycles. The number of alkyl halides is 2. The second-order valence-electron chi connectivity index (χ2n) is 6.03. The van der Waals surface area contributed by atoms with Crippen LogP contribution >= 0.6 is 0 Å². The number of nitrogens with zero attached hydrogens (tertiary/aromatic N) is 1. The van der Waals surface area contributed by atoms with E-state index in [-0.39, 0.29) is 18.0 Å². The summed E-state index contributed by atoms with van der Waals surface area (Å²) in [5.74, 6) is 1.35. The molecule has 2 aromatic rings. The number of benzene rings is 2. The van der Waals surface area contributed by atoms with E-state index in [9.17, 15) is 13.9 Å². The van der Waals surface area contributed by atoms with E-state index in [0.717, 1.165) is 5.56 Å². The summed E-state index contributed by atoms with van der Waals surface area (Å²) in [7, 11) is 1.55. The lowest BCUT2D eigenvalue weighted by Crippen LogP contribution is -2.36. The number of methoxy groups -OCH3 is 1. The van der Waals surface area contributed by atoms with Crippen molar-refractivity contribution < 1.29 is 23.4 Å². The maximum Gasteiger partial charge on any atom is 0.387 e. The molecule has 0 aliphatic rings. The number of hydrogen-bond acceptors (Lipinski definition) is 4. The van der Waals surface area contributed by atoms with Crippen molar-refractivity contribution in [1.82, 2.24) is 10.6 Å². The molecular formula is C20H25F2N3O3. The lowest BCUT2D eigenvalue weighted by molar-refractivity contribution is -0.0504. The van der Waals surface area contributed by atoms with Crippen LogP contribution in [0.15, 0.2) is 41.4 Å². The van der Waals surface area contributed by atoms with Crippen molar-refractivity contribution in [3.05, 3.63) is 53.1 Å². The Labute approximate surface area is 163 Å². The van der Waals surface area contributed by atoms with Gasteiger partial charge in [-0.3, -0.25) is 0 Å². The average molecular weight is 393 g/mol. The van der Waals surface area contributed by atoms with E-state index in [2.05, 4.69) is 20.4 Å². The highest BCUT2D eigenvalue weighted by Crippen LogP contribution is 2.24. The average Bonchev–Trinajstić information content (AvgIpc) is 2.66. The van der Waals surface area contributed by atoms with Crippen molar-refractivity contribution in [2.24, 2.45) is 4.99 Å².